The molecule has 0 radical (unpaired) electrons. The molecule has 0 rings (SSSR count). The van der Waals surface area contributed by atoms with E-state index in [9.17, 15) is 14.4 Å². The van der Waals surface area contributed by atoms with E-state index in [0.29, 0.717) is 19.3 Å². The van der Waals surface area contributed by atoms with Gasteiger partial charge >= 0.3 is 17.9 Å². The predicted molar refractivity (Wildman–Crippen MR) is 279 cm³/mol. The molecule has 0 aromatic carbocycles. The SMILES string of the molecule is CC(C)CCCCCCCCCCCCCCCCCCC(=O)O[C@@H](COC(=O)CCCCCCCCCCCCCCCCCC(C)C)COC(=O)CCCCCCCCCC(C)C. The summed E-state index contributed by atoms with van der Waals surface area (Å²) in [5.74, 6) is 1.64. The zero-order valence-corrected chi connectivity index (χ0v) is 44.8. The van der Waals surface area contributed by atoms with Crippen molar-refractivity contribution in [1.82, 2.24) is 0 Å². The van der Waals surface area contributed by atoms with Gasteiger partial charge in [-0.1, -0.05) is 286 Å². The number of unbranched alkanes of at least 4 members (excludes halogenated alkanes) is 35. The number of esters is 3. The second-order valence-electron chi connectivity index (χ2n) is 21.7. The van der Waals surface area contributed by atoms with Crippen LogP contribution in [-0.4, -0.2) is 37.2 Å². The van der Waals surface area contributed by atoms with Gasteiger partial charge in [0.15, 0.2) is 6.10 Å². The molecule has 0 aliphatic rings. The van der Waals surface area contributed by atoms with Crippen LogP contribution in [-0.2, 0) is 28.6 Å². The third kappa shape index (κ3) is 53.2. The average molecular weight is 920 g/mol. The molecule has 6 nitrogen and oxygen atoms in total. The summed E-state index contributed by atoms with van der Waals surface area (Å²) in [5.41, 5.74) is 0. The molecule has 0 aromatic rings. The van der Waals surface area contributed by atoms with E-state index in [2.05, 4.69) is 41.5 Å². The second-order valence-corrected chi connectivity index (χ2v) is 21.7. The minimum absolute atomic E-state index is 0.0640. The minimum atomic E-state index is -0.764. The summed E-state index contributed by atoms with van der Waals surface area (Å²) in [5, 5.41) is 0. The van der Waals surface area contributed by atoms with Gasteiger partial charge in [-0.2, -0.15) is 0 Å². The summed E-state index contributed by atoms with van der Waals surface area (Å²) in [6.07, 6.45) is 52.5. The summed E-state index contributed by atoms with van der Waals surface area (Å²) < 4.78 is 16.9. The van der Waals surface area contributed by atoms with Crippen LogP contribution < -0.4 is 0 Å². The Hall–Kier alpha value is -1.59. The van der Waals surface area contributed by atoms with Crippen LogP contribution in [0.1, 0.15) is 324 Å². The van der Waals surface area contributed by atoms with E-state index < -0.39 is 6.10 Å². The summed E-state index contributed by atoms with van der Waals surface area (Å²) in [4.78, 5) is 38.1. The van der Waals surface area contributed by atoms with Gasteiger partial charge in [0.2, 0.25) is 0 Å². The van der Waals surface area contributed by atoms with Crippen molar-refractivity contribution in [1.29, 1.82) is 0 Å². The zero-order valence-electron chi connectivity index (χ0n) is 44.8. The number of carbonyl (C=O) groups is 3. The maximum atomic E-state index is 12.8. The van der Waals surface area contributed by atoms with Gasteiger partial charge in [0, 0.05) is 19.3 Å². The molecule has 0 saturated carbocycles. The highest BCUT2D eigenvalue weighted by Gasteiger charge is 2.19. The summed E-state index contributed by atoms with van der Waals surface area (Å²) in [6.45, 7) is 13.7. The molecule has 0 bridgehead atoms. The van der Waals surface area contributed by atoms with E-state index in [0.717, 1.165) is 75.5 Å². The lowest BCUT2D eigenvalue weighted by Gasteiger charge is -2.18. The van der Waals surface area contributed by atoms with Gasteiger partial charge in [0.25, 0.3) is 0 Å². The lowest BCUT2D eigenvalue weighted by molar-refractivity contribution is -0.167. The monoisotopic (exact) mass is 919 g/mol. The second kappa shape index (κ2) is 50.3. The molecule has 0 amide bonds. The summed E-state index contributed by atoms with van der Waals surface area (Å²) in [6, 6.07) is 0. The number of ether oxygens (including phenoxy) is 3. The number of carbonyl (C=O) groups excluding carboxylic acids is 3. The predicted octanol–water partition coefficient (Wildman–Crippen LogP) is 19.1. The van der Waals surface area contributed by atoms with Gasteiger partial charge in [-0.3, -0.25) is 14.4 Å². The molecule has 0 aliphatic carbocycles. The van der Waals surface area contributed by atoms with E-state index in [1.54, 1.807) is 0 Å². The van der Waals surface area contributed by atoms with Gasteiger partial charge in [-0.05, 0) is 37.0 Å². The molecular weight excluding hydrogens is 805 g/mol. The summed E-state index contributed by atoms with van der Waals surface area (Å²) >= 11 is 0. The molecular formula is C59H114O6. The van der Waals surface area contributed by atoms with Crippen LogP contribution in [0.3, 0.4) is 0 Å². The van der Waals surface area contributed by atoms with E-state index in [1.165, 1.54) is 205 Å². The summed E-state index contributed by atoms with van der Waals surface area (Å²) in [7, 11) is 0. The first-order valence-corrected chi connectivity index (χ1v) is 29.1. The van der Waals surface area contributed by atoms with Crippen LogP contribution in [0.4, 0.5) is 0 Å². The third-order valence-corrected chi connectivity index (χ3v) is 13.4. The van der Waals surface area contributed by atoms with Gasteiger partial charge in [0.05, 0.1) is 0 Å². The van der Waals surface area contributed by atoms with Crippen molar-refractivity contribution in [2.45, 2.75) is 330 Å². The smallest absolute Gasteiger partial charge is 0.306 e. The molecule has 0 aromatic heterocycles. The fourth-order valence-electron chi connectivity index (χ4n) is 9.00. The van der Waals surface area contributed by atoms with Crippen LogP contribution >= 0.6 is 0 Å². The zero-order chi connectivity index (χ0) is 47.7. The Morgan fingerprint density at radius 1 is 0.262 bits per heavy atom. The first kappa shape index (κ1) is 63.4. The largest absolute Gasteiger partial charge is 0.462 e. The number of hydrogen-bond donors (Lipinski definition) is 0. The molecule has 0 N–H and O–H groups in total. The van der Waals surface area contributed by atoms with Crippen LogP contribution in [0.5, 0.6) is 0 Å². The minimum Gasteiger partial charge on any atom is -0.462 e. The lowest BCUT2D eigenvalue weighted by atomic mass is 10.0. The van der Waals surface area contributed by atoms with Crippen molar-refractivity contribution in [2.75, 3.05) is 13.2 Å². The Labute approximate surface area is 406 Å². The highest BCUT2D eigenvalue weighted by atomic mass is 16.6. The third-order valence-electron chi connectivity index (χ3n) is 13.4. The Balaban J connectivity index is 4.24. The Morgan fingerprint density at radius 3 is 0.662 bits per heavy atom. The molecule has 1 atom stereocenters. The average Bonchev–Trinajstić information content (AvgIpc) is 3.26. The quantitative estimate of drug-likeness (QED) is 0.0344. The van der Waals surface area contributed by atoms with E-state index >= 15 is 0 Å². The van der Waals surface area contributed by atoms with Crippen molar-refractivity contribution in [3.8, 4) is 0 Å². The first-order valence-electron chi connectivity index (χ1n) is 29.1. The highest BCUT2D eigenvalue weighted by Crippen LogP contribution is 2.18. The van der Waals surface area contributed by atoms with Gasteiger partial charge in [0.1, 0.15) is 13.2 Å². The van der Waals surface area contributed by atoms with E-state index in [-0.39, 0.29) is 31.1 Å². The molecule has 386 valence electrons. The van der Waals surface area contributed by atoms with E-state index in [1.807, 2.05) is 0 Å². The standard InChI is InChI=1S/C59H114O6/c1-53(2)45-39-33-27-22-18-14-10-7-8-12-17-21-25-31-38-44-50-59(62)65-56(52-64-58(61)49-43-37-32-26-29-35-41-47-55(5)6)51-63-57(60)48-42-36-30-24-20-16-13-9-11-15-19-23-28-34-40-46-54(3)4/h53-56H,7-52H2,1-6H3/t56-/m0/s1. The van der Waals surface area contributed by atoms with Crippen molar-refractivity contribution >= 4 is 17.9 Å². The molecule has 0 heterocycles. The van der Waals surface area contributed by atoms with Crippen molar-refractivity contribution in [3.63, 3.8) is 0 Å². The van der Waals surface area contributed by atoms with Gasteiger partial charge in [-0.15, -0.1) is 0 Å². The Morgan fingerprint density at radius 2 is 0.446 bits per heavy atom. The van der Waals surface area contributed by atoms with Crippen molar-refractivity contribution in [3.05, 3.63) is 0 Å². The maximum absolute atomic E-state index is 12.8. The first-order chi connectivity index (χ1) is 31.6. The molecule has 65 heavy (non-hydrogen) atoms. The number of rotatable bonds is 52. The molecule has 0 spiro atoms. The maximum Gasteiger partial charge on any atom is 0.306 e. The molecule has 0 fully saturated rings. The molecule has 0 aliphatic heterocycles. The van der Waals surface area contributed by atoms with Crippen LogP contribution in [0.2, 0.25) is 0 Å². The van der Waals surface area contributed by atoms with Gasteiger partial charge < -0.3 is 14.2 Å². The van der Waals surface area contributed by atoms with Gasteiger partial charge in [-0.25, -0.2) is 0 Å². The highest BCUT2D eigenvalue weighted by molar-refractivity contribution is 5.71. The van der Waals surface area contributed by atoms with Crippen LogP contribution in [0.15, 0.2) is 0 Å². The number of hydrogen-bond acceptors (Lipinski definition) is 6. The van der Waals surface area contributed by atoms with Crippen molar-refractivity contribution < 1.29 is 28.6 Å². The topological polar surface area (TPSA) is 78.9 Å². The van der Waals surface area contributed by atoms with E-state index in [4.69, 9.17) is 14.2 Å². The molecule has 0 saturated heterocycles. The fraction of sp³-hybridized carbons (Fsp3) is 0.949. The van der Waals surface area contributed by atoms with Crippen molar-refractivity contribution in [2.24, 2.45) is 17.8 Å². The van der Waals surface area contributed by atoms with Crippen LogP contribution in [0, 0.1) is 17.8 Å². The Kier molecular flexibility index (Phi) is 49.1. The normalized spacial score (nSPS) is 12.1. The van der Waals surface area contributed by atoms with Crippen LogP contribution in [0.25, 0.3) is 0 Å². The Bertz CT molecular complexity index is 1010. The molecule has 0 unspecified atom stereocenters. The fourth-order valence-corrected chi connectivity index (χ4v) is 9.00. The molecule has 6 heteroatoms. The lowest BCUT2D eigenvalue weighted by Crippen LogP contribution is -2.30.